The van der Waals surface area contributed by atoms with E-state index in [-0.39, 0.29) is 10.8 Å². The van der Waals surface area contributed by atoms with Crippen LogP contribution in [0.4, 0.5) is 0 Å². The van der Waals surface area contributed by atoms with Crippen LogP contribution in [0, 0.1) is 0 Å². The molecule has 0 N–H and O–H groups in total. The first-order valence-corrected chi connectivity index (χ1v) is 31.6. The highest BCUT2D eigenvalue weighted by atomic mass is 15.0. The molecule has 0 amide bonds. The molecule has 0 bridgehead atoms. The summed E-state index contributed by atoms with van der Waals surface area (Å²) in [7, 11) is 0. The highest BCUT2D eigenvalue weighted by Crippen LogP contribution is 2.55. The zero-order valence-electron chi connectivity index (χ0n) is 50.9. The topological polar surface area (TPSA) is 87.2 Å². The summed E-state index contributed by atoms with van der Waals surface area (Å²) in [4.78, 5) is 30.8. The number of rotatable bonds is 10. The zero-order chi connectivity index (χ0) is 61.2. The van der Waals surface area contributed by atoms with Crippen LogP contribution in [-0.2, 0) is 17.3 Å². The first kappa shape index (κ1) is 53.3. The Bertz CT molecular complexity index is 5580. The van der Waals surface area contributed by atoms with Gasteiger partial charge in [0.25, 0.3) is 0 Å². The monoisotopic (exact) mass is 1180 g/mol. The Morgan fingerprint density at radius 3 is 1.28 bits per heavy atom. The summed E-state index contributed by atoms with van der Waals surface area (Å²) in [6.45, 7) is 7.17. The summed E-state index contributed by atoms with van der Waals surface area (Å²) in [5.41, 5.74) is 23.5. The molecule has 4 aromatic heterocycles. The highest BCUT2D eigenvalue weighted by Gasteiger charge is 2.41. The van der Waals surface area contributed by atoms with Gasteiger partial charge in [-0.3, -0.25) is 0 Å². The lowest BCUT2D eigenvalue weighted by atomic mass is 9.75. The van der Waals surface area contributed by atoms with Gasteiger partial charge in [0, 0.05) is 77.1 Å². The van der Waals surface area contributed by atoms with E-state index in [0.717, 1.165) is 62.2 Å². The second-order valence-corrected chi connectivity index (χ2v) is 25.2. The molecule has 0 saturated heterocycles. The van der Waals surface area contributed by atoms with Gasteiger partial charge in [-0.05, 0) is 135 Å². The third kappa shape index (κ3) is 8.37. The summed E-state index contributed by atoms with van der Waals surface area (Å²) in [6.07, 6.45) is 0.756. The molecule has 8 heteroatoms. The van der Waals surface area contributed by atoms with E-state index in [0.29, 0.717) is 34.9 Å². The molecule has 2 aliphatic carbocycles. The van der Waals surface area contributed by atoms with Crippen molar-refractivity contribution in [1.29, 1.82) is 0 Å². The minimum Gasteiger partial charge on any atom is -0.309 e. The maximum absolute atomic E-state index is 5.34. The SMILES string of the molecule is CC1(C)c2ccccc2-c2ccc3c4ccccc4n(-c4ccc(-c5nc(-c6ccccc6)nc(-c6cccc(CC7(C)c8ccccc8-c8cc9c(cc87)c7ccccc7n9-c7ccc(-c8nc(-c9ccccc9)nc(-c9ccccc9)n8)cc7)c6)n5)cc4)c3c21. The van der Waals surface area contributed by atoms with Crippen LogP contribution in [0.15, 0.2) is 285 Å². The number of fused-ring (bicyclic) bond motifs is 13. The second kappa shape index (κ2) is 20.7. The van der Waals surface area contributed by atoms with Gasteiger partial charge in [0.1, 0.15) is 0 Å². The van der Waals surface area contributed by atoms with E-state index >= 15 is 0 Å². The van der Waals surface area contributed by atoms with Crippen molar-refractivity contribution in [3.63, 3.8) is 0 Å². The second-order valence-electron chi connectivity index (χ2n) is 25.2. The van der Waals surface area contributed by atoms with E-state index in [1.54, 1.807) is 0 Å². The van der Waals surface area contributed by atoms with Crippen molar-refractivity contribution in [2.45, 2.75) is 38.0 Å². The lowest BCUT2D eigenvalue weighted by Crippen LogP contribution is -2.24. The van der Waals surface area contributed by atoms with Crippen LogP contribution >= 0.6 is 0 Å². The summed E-state index contributed by atoms with van der Waals surface area (Å²) < 4.78 is 4.87. The van der Waals surface area contributed by atoms with Crippen LogP contribution in [0.2, 0.25) is 0 Å². The van der Waals surface area contributed by atoms with E-state index in [1.807, 2.05) is 78.9 Å². The Balaban J connectivity index is 0.707. The molecule has 4 heterocycles. The van der Waals surface area contributed by atoms with Gasteiger partial charge in [-0.15, -0.1) is 0 Å². The fraction of sp³-hybridized carbons (Fsp3) is 0.0714. The maximum Gasteiger partial charge on any atom is 0.164 e. The van der Waals surface area contributed by atoms with Crippen LogP contribution in [0.25, 0.3) is 146 Å². The number of benzene rings is 12. The predicted octanol–water partition coefficient (Wildman–Crippen LogP) is 20.1. The normalized spacial score (nSPS) is 14.4. The third-order valence-corrected chi connectivity index (χ3v) is 19.4. The molecule has 92 heavy (non-hydrogen) atoms. The number of para-hydroxylation sites is 2. The van der Waals surface area contributed by atoms with Crippen molar-refractivity contribution >= 4 is 43.6 Å². The van der Waals surface area contributed by atoms with Crippen LogP contribution in [0.3, 0.4) is 0 Å². The van der Waals surface area contributed by atoms with Crippen LogP contribution in [-0.4, -0.2) is 39.0 Å². The highest BCUT2D eigenvalue weighted by molar-refractivity contribution is 6.14. The van der Waals surface area contributed by atoms with Gasteiger partial charge in [0.2, 0.25) is 0 Å². The van der Waals surface area contributed by atoms with Crippen molar-refractivity contribution < 1.29 is 0 Å². The molecule has 2 aliphatic rings. The van der Waals surface area contributed by atoms with E-state index in [9.17, 15) is 0 Å². The lowest BCUT2D eigenvalue weighted by molar-refractivity contribution is 0.583. The molecule has 0 radical (unpaired) electrons. The number of nitrogens with zero attached hydrogens (tertiary/aromatic N) is 8. The smallest absolute Gasteiger partial charge is 0.164 e. The molecule has 1 unspecified atom stereocenters. The van der Waals surface area contributed by atoms with Crippen molar-refractivity contribution in [1.82, 2.24) is 39.0 Å². The number of hydrogen-bond acceptors (Lipinski definition) is 6. The standard InChI is InChI=1S/C84H58N8/c1-83(2)69-34-17-13-30-61(69)65-46-47-66-63-32-15-20-37-73(63)92(76(66)75(65)83)60-44-40-57(41-45-60)81-88-79(55-27-11-6-12-28-55)89-82(90-81)58-29-21-22-52(48-58)51-84(3)70-35-18-14-31-62(70)67-50-74-68(49-71(67)84)64-33-16-19-36-72(64)91(74)59-42-38-56(39-43-59)80-86-77(53-23-7-4-8-24-53)85-78(87-80)54-25-9-5-10-26-54/h4-50H,51H2,1-3H3. The van der Waals surface area contributed by atoms with Gasteiger partial charge in [-0.2, -0.15) is 0 Å². The summed E-state index contributed by atoms with van der Waals surface area (Å²) in [5, 5.41) is 4.91. The average Bonchev–Trinajstić information content (AvgIpc) is 1.55. The molecule has 18 rings (SSSR count). The van der Waals surface area contributed by atoms with Gasteiger partial charge in [-0.25, -0.2) is 29.9 Å². The molecule has 12 aromatic carbocycles. The van der Waals surface area contributed by atoms with Crippen LogP contribution < -0.4 is 0 Å². The number of aromatic nitrogens is 8. The minimum atomic E-state index is -0.372. The summed E-state index contributed by atoms with van der Waals surface area (Å²) in [6, 6.07) is 102. The Labute approximate surface area is 532 Å². The van der Waals surface area contributed by atoms with Gasteiger partial charge >= 0.3 is 0 Å². The van der Waals surface area contributed by atoms with E-state index < -0.39 is 0 Å². The number of hydrogen-bond donors (Lipinski definition) is 0. The lowest BCUT2D eigenvalue weighted by Gasteiger charge is -2.28. The van der Waals surface area contributed by atoms with Gasteiger partial charge in [0.15, 0.2) is 34.9 Å². The molecule has 0 fully saturated rings. The summed E-state index contributed by atoms with van der Waals surface area (Å²) >= 11 is 0. The van der Waals surface area contributed by atoms with E-state index in [2.05, 4.69) is 236 Å². The average molecular weight is 1180 g/mol. The van der Waals surface area contributed by atoms with Crippen molar-refractivity contribution in [3.05, 3.63) is 313 Å². The fourth-order valence-corrected chi connectivity index (χ4v) is 15.1. The molecule has 1 atom stereocenters. The third-order valence-electron chi connectivity index (χ3n) is 19.4. The largest absolute Gasteiger partial charge is 0.309 e. The quantitative estimate of drug-likeness (QED) is 0.136. The van der Waals surface area contributed by atoms with Crippen LogP contribution in [0.5, 0.6) is 0 Å². The van der Waals surface area contributed by atoms with Gasteiger partial charge in [-0.1, -0.05) is 227 Å². The van der Waals surface area contributed by atoms with Crippen molar-refractivity contribution in [2.24, 2.45) is 0 Å². The van der Waals surface area contributed by atoms with Crippen LogP contribution in [0.1, 0.15) is 48.6 Å². The van der Waals surface area contributed by atoms with Gasteiger partial charge < -0.3 is 9.13 Å². The molecule has 0 saturated carbocycles. The maximum atomic E-state index is 5.34. The summed E-state index contributed by atoms with van der Waals surface area (Å²) in [5.74, 6) is 3.77. The first-order chi connectivity index (χ1) is 45.2. The Hall–Kier alpha value is -11.7. The van der Waals surface area contributed by atoms with E-state index in [1.165, 1.54) is 82.6 Å². The predicted molar refractivity (Wildman–Crippen MR) is 374 cm³/mol. The molecular formula is C84H58N8. The Morgan fingerprint density at radius 2 is 0.717 bits per heavy atom. The Kier molecular flexibility index (Phi) is 12.0. The van der Waals surface area contributed by atoms with Crippen molar-refractivity contribution in [3.8, 4) is 102 Å². The molecule has 16 aromatic rings. The van der Waals surface area contributed by atoms with Crippen molar-refractivity contribution in [2.75, 3.05) is 0 Å². The molecule has 0 aliphatic heterocycles. The fourth-order valence-electron chi connectivity index (χ4n) is 15.1. The minimum absolute atomic E-state index is 0.192. The van der Waals surface area contributed by atoms with E-state index in [4.69, 9.17) is 29.9 Å². The molecule has 434 valence electrons. The first-order valence-electron chi connectivity index (χ1n) is 31.6. The molecule has 8 nitrogen and oxygen atoms in total. The molecular weight excluding hydrogens is 1120 g/mol. The zero-order valence-corrected chi connectivity index (χ0v) is 50.9. The molecule has 0 spiro atoms. The van der Waals surface area contributed by atoms with Gasteiger partial charge in [0.05, 0.1) is 22.1 Å². The Morgan fingerprint density at radius 1 is 0.283 bits per heavy atom.